The number of thiol groups is 1. The summed E-state index contributed by atoms with van der Waals surface area (Å²) in [6.07, 6.45) is 14.2. The molecule has 1 aliphatic heterocycles. The third kappa shape index (κ3) is 8.34. The minimum Gasteiger partial charge on any atom is -0.508 e. The average molecular weight is 533 g/mol. The summed E-state index contributed by atoms with van der Waals surface area (Å²) in [5, 5.41) is 19.8. The number of unbranched alkanes of at least 4 members (excludes halogenated alkanes) is 7. The minimum absolute atomic E-state index is 0.00257. The quantitative estimate of drug-likeness (QED) is 0.149. The molecule has 36 heavy (non-hydrogen) atoms. The monoisotopic (exact) mass is 532 g/mol. The van der Waals surface area contributed by atoms with Crippen molar-refractivity contribution in [2.45, 2.75) is 100 Å². The van der Waals surface area contributed by atoms with Crippen LogP contribution in [0.25, 0.3) is 0 Å². The molecule has 2 N–H and O–H groups in total. The van der Waals surface area contributed by atoms with E-state index in [0.29, 0.717) is 29.8 Å². The zero-order chi connectivity index (χ0) is 25.8. The topological polar surface area (TPSA) is 40.5 Å². The maximum absolute atomic E-state index is 12.4. The first-order valence-electron chi connectivity index (χ1n) is 13.9. The lowest BCUT2D eigenvalue weighted by Crippen LogP contribution is -2.36. The number of benzene rings is 2. The Morgan fingerprint density at radius 3 is 2.17 bits per heavy atom. The van der Waals surface area contributed by atoms with Crippen molar-refractivity contribution >= 4 is 24.4 Å². The van der Waals surface area contributed by atoms with Gasteiger partial charge in [-0.05, 0) is 78.7 Å². The lowest BCUT2D eigenvalue weighted by atomic mass is 9.68. The molecule has 0 bridgehead atoms. The molecule has 0 aromatic heterocycles. The number of thioether (sulfide) groups is 1. The summed E-state index contributed by atoms with van der Waals surface area (Å²) in [7, 11) is 0. The Balaban J connectivity index is 1.44. The zero-order valence-corrected chi connectivity index (χ0v) is 23.6. The number of hydrogen-bond acceptors (Lipinski definition) is 4. The molecule has 200 valence electrons. The van der Waals surface area contributed by atoms with Crippen LogP contribution in [-0.2, 0) is 5.41 Å². The molecule has 0 saturated heterocycles. The fourth-order valence-corrected chi connectivity index (χ4v) is 7.51. The SMILES string of the molecule is C[C@]1(c2ccc(O)cc2)CSc2cc(O)ccc2C1CCCCCCCCCCC(CS)CCCF. The molecule has 1 aliphatic rings. The van der Waals surface area contributed by atoms with Crippen molar-refractivity contribution < 1.29 is 14.6 Å². The van der Waals surface area contributed by atoms with Crippen LogP contribution in [0.15, 0.2) is 47.4 Å². The summed E-state index contributed by atoms with van der Waals surface area (Å²) in [6.45, 7) is 2.17. The van der Waals surface area contributed by atoms with Gasteiger partial charge in [-0.2, -0.15) is 12.6 Å². The van der Waals surface area contributed by atoms with Crippen molar-refractivity contribution in [3.63, 3.8) is 0 Å². The zero-order valence-electron chi connectivity index (χ0n) is 21.9. The van der Waals surface area contributed by atoms with Gasteiger partial charge in [-0.15, -0.1) is 11.8 Å². The minimum atomic E-state index is -0.198. The number of aromatic hydroxyl groups is 2. The van der Waals surface area contributed by atoms with Crippen LogP contribution < -0.4 is 0 Å². The van der Waals surface area contributed by atoms with E-state index >= 15 is 0 Å². The lowest BCUT2D eigenvalue weighted by molar-refractivity contribution is 0.370. The van der Waals surface area contributed by atoms with Gasteiger partial charge in [0, 0.05) is 16.1 Å². The first-order valence-corrected chi connectivity index (χ1v) is 15.5. The summed E-state index contributed by atoms with van der Waals surface area (Å²) in [4.78, 5) is 1.21. The van der Waals surface area contributed by atoms with Gasteiger partial charge in [0.1, 0.15) is 11.5 Å². The molecule has 5 heteroatoms. The van der Waals surface area contributed by atoms with Gasteiger partial charge in [-0.25, -0.2) is 0 Å². The highest BCUT2D eigenvalue weighted by Crippen LogP contribution is 2.52. The predicted octanol–water partition coefficient (Wildman–Crippen LogP) is 9.44. The molecule has 2 nitrogen and oxygen atoms in total. The highest BCUT2D eigenvalue weighted by Gasteiger charge is 2.41. The molecule has 0 fully saturated rings. The summed E-state index contributed by atoms with van der Waals surface area (Å²) >= 11 is 6.26. The Hall–Kier alpha value is -1.33. The second kappa shape index (κ2) is 15.2. The largest absolute Gasteiger partial charge is 0.508 e. The highest BCUT2D eigenvalue weighted by atomic mass is 32.2. The maximum Gasteiger partial charge on any atom is 0.116 e. The summed E-state index contributed by atoms with van der Waals surface area (Å²) in [5.74, 6) is 3.50. The molecule has 2 unspecified atom stereocenters. The second-order valence-electron chi connectivity index (χ2n) is 10.8. The van der Waals surface area contributed by atoms with Crippen molar-refractivity contribution in [1.29, 1.82) is 0 Å². The molecule has 0 spiro atoms. The van der Waals surface area contributed by atoms with E-state index < -0.39 is 0 Å². The van der Waals surface area contributed by atoms with Crippen LogP contribution in [0.5, 0.6) is 11.5 Å². The third-order valence-electron chi connectivity index (χ3n) is 8.06. The average Bonchev–Trinajstić information content (AvgIpc) is 2.88. The standard InChI is InChI=1S/C31H45FO2S2/c1-31(25-14-16-26(33)17-15-25)23-36-30-21-27(34)18-19-28(30)29(31)13-9-7-5-3-2-4-6-8-11-24(22-35)12-10-20-32/h14-19,21,24,29,33-35H,2-13,20,22-23H2,1H3/t24?,29?,31-/m1/s1. The fourth-order valence-electron chi connectivity index (χ4n) is 5.74. The maximum atomic E-state index is 12.4. The van der Waals surface area contributed by atoms with Crippen molar-refractivity contribution in [2.75, 3.05) is 18.2 Å². The van der Waals surface area contributed by atoms with Crippen LogP contribution in [0, 0.1) is 5.92 Å². The van der Waals surface area contributed by atoms with E-state index in [1.54, 1.807) is 12.1 Å². The molecular weight excluding hydrogens is 487 g/mol. The number of halogens is 1. The predicted molar refractivity (Wildman–Crippen MR) is 156 cm³/mol. The first-order chi connectivity index (χ1) is 17.5. The fraction of sp³-hybridized carbons (Fsp3) is 0.613. The van der Waals surface area contributed by atoms with Crippen molar-refractivity contribution in [3.8, 4) is 11.5 Å². The van der Waals surface area contributed by atoms with Crippen molar-refractivity contribution in [1.82, 2.24) is 0 Å². The summed E-state index contributed by atoms with van der Waals surface area (Å²) in [5.41, 5.74) is 2.63. The molecule has 2 aromatic rings. The molecule has 1 heterocycles. The summed E-state index contributed by atoms with van der Waals surface area (Å²) < 4.78 is 12.4. The van der Waals surface area contributed by atoms with Crippen molar-refractivity contribution in [2.24, 2.45) is 5.92 Å². The molecule has 3 atom stereocenters. The van der Waals surface area contributed by atoms with Crippen molar-refractivity contribution in [3.05, 3.63) is 53.6 Å². The highest BCUT2D eigenvalue weighted by molar-refractivity contribution is 7.99. The molecule has 0 radical (unpaired) electrons. The van der Waals surface area contributed by atoms with E-state index in [0.717, 1.165) is 24.3 Å². The van der Waals surface area contributed by atoms with E-state index in [2.05, 4.69) is 37.8 Å². The second-order valence-corrected chi connectivity index (χ2v) is 12.2. The molecule has 3 rings (SSSR count). The Morgan fingerprint density at radius 2 is 1.50 bits per heavy atom. The number of phenolic OH excluding ortho intramolecular Hbond substituents is 2. The smallest absolute Gasteiger partial charge is 0.116 e. The third-order valence-corrected chi connectivity index (χ3v) is 9.98. The Bertz CT molecular complexity index is 904. The van der Waals surface area contributed by atoms with Crippen LogP contribution in [-0.4, -0.2) is 28.4 Å². The first kappa shape index (κ1) is 29.2. The van der Waals surface area contributed by atoms with Crippen LogP contribution in [0.1, 0.15) is 101 Å². The van der Waals surface area contributed by atoms with Crippen LogP contribution in [0.3, 0.4) is 0 Å². The molecule has 0 aliphatic carbocycles. The van der Waals surface area contributed by atoms with E-state index in [4.69, 9.17) is 0 Å². The number of rotatable bonds is 16. The molecule has 2 aromatic carbocycles. The van der Waals surface area contributed by atoms with E-state index in [9.17, 15) is 14.6 Å². The molecule has 0 saturated carbocycles. The number of phenols is 2. The van der Waals surface area contributed by atoms with Crippen LogP contribution >= 0.6 is 24.4 Å². The lowest BCUT2D eigenvalue weighted by Gasteiger charge is -2.43. The Morgan fingerprint density at radius 1 is 0.889 bits per heavy atom. The van der Waals surface area contributed by atoms with E-state index in [-0.39, 0.29) is 12.1 Å². The van der Waals surface area contributed by atoms with Gasteiger partial charge in [0.15, 0.2) is 0 Å². The Labute approximate surface area is 227 Å². The molecule has 0 amide bonds. The van der Waals surface area contributed by atoms with E-state index in [1.807, 2.05) is 23.9 Å². The number of fused-ring (bicyclic) bond motifs is 1. The number of alkyl halides is 1. The van der Waals surface area contributed by atoms with Gasteiger partial charge in [0.05, 0.1) is 6.67 Å². The normalized spacial score (nSPS) is 20.2. The van der Waals surface area contributed by atoms with Crippen LogP contribution in [0.4, 0.5) is 4.39 Å². The van der Waals surface area contributed by atoms with Gasteiger partial charge in [0.2, 0.25) is 0 Å². The van der Waals surface area contributed by atoms with Gasteiger partial charge in [-0.3, -0.25) is 4.39 Å². The van der Waals surface area contributed by atoms with Gasteiger partial charge >= 0.3 is 0 Å². The summed E-state index contributed by atoms with van der Waals surface area (Å²) in [6, 6.07) is 13.6. The Kier molecular flexibility index (Phi) is 12.3. The van der Waals surface area contributed by atoms with Gasteiger partial charge in [0.25, 0.3) is 0 Å². The number of hydrogen-bond donors (Lipinski definition) is 3. The van der Waals surface area contributed by atoms with Crippen LogP contribution in [0.2, 0.25) is 0 Å². The molecular formula is C31H45FO2S2. The van der Waals surface area contributed by atoms with Gasteiger partial charge < -0.3 is 10.2 Å². The van der Waals surface area contributed by atoms with Gasteiger partial charge in [-0.1, -0.05) is 76.5 Å². The van der Waals surface area contributed by atoms with E-state index in [1.165, 1.54) is 73.8 Å².